The molecule has 52 heavy (non-hydrogen) atoms. The lowest BCUT2D eigenvalue weighted by Crippen LogP contribution is -2.57. The Hall–Kier alpha value is -4.84. The van der Waals surface area contributed by atoms with Gasteiger partial charge in [-0.2, -0.15) is 0 Å². The molecule has 3 N–H and O–H groups in total. The first-order valence-corrected chi connectivity index (χ1v) is 18.3. The summed E-state index contributed by atoms with van der Waals surface area (Å²) in [6.07, 6.45) is 2.31. The average molecular weight is 714 g/mol. The van der Waals surface area contributed by atoms with E-state index in [9.17, 15) is 24.0 Å². The van der Waals surface area contributed by atoms with E-state index in [0.717, 1.165) is 11.1 Å². The van der Waals surface area contributed by atoms with Crippen LogP contribution in [0, 0.1) is 5.92 Å². The number of nitrogens with one attached hydrogen (secondary N) is 3. The van der Waals surface area contributed by atoms with Crippen LogP contribution in [0.15, 0.2) is 71.3 Å². The molecule has 12 nitrogen and oxygen atoms in total. The molecule has 12 heteroatoms. The summed E-state index contributed by atoms with van der Waals surface area (Å²) in [5.74, 6) is -1.13. The average Bonchev–Trinajstić information content (AvgIpc) is 3.61. The Bertz CT molecular complexity index is 1700. The summed E-state index contributed by atoms with van der Waals surface area (Å²) >= 11 is 0. The highest BCUT2D eigenvalue weighted by Crippen LogP contribution is 2.30. The van der Waals surface area contributed by atoms with Gasteiger partial charge >= 0.3 is 0 Å². The van der Waals surface area contributed by atoms with Crippen molar-refractivity contribution in [3.8, 4) is 0 Å². The van der Waals surface area contributed by atoms with Gasteiger partial charge in [0.25, 0.3) is 0 Å². The summed E-state index contributed by atoms with van der Waals surface area (Å²) in [5.41, 5.74) is 1.39. The van der Waals surface area contributed by atoms with Gasteiger partial charge in [0.2, 0.25) is 23.6 Å². The van der Waals surface area contributed by atoms with Gasteiger partial charge in [-0.05, 0) is 56.6 Å². The molecule has 1 aromatic heterocycles. The van der Waals surface area contributed by atoms with Crippen molar-refractivity contribution in [2.45, 2.75) is 115 Å². The number of carbonyl (C=O) groups is 5. The predicted molar refractivity (Wildman–Crippen MR) is 194 cm³/mol. The number of rotatable bonds is 18. The maximum absolute atomic E-state index is 14.2. The monoisotopic (exact) mass is 713 g/mol. The van der Waals surface area contributed by atoms with E-state index in [1.807, 2.05) is 88.4 Å². The Kier molecular flexibility index (Phi) is 12.6. The van der Waals surface area contributed by atoms with Crippen LogP contribution in [0.1, 0.15) is 76.5 Å². The van der Waals surface area contributed by atoms with E-state index in [1.54, 1.807) is 13.0 Å². The van der Waals surface area contributed by atoms with Crippen LogP contribution in [0.2, 0.25) is 0 Å². The summed E-state index contributed by atoms with van der Waals surface area (Å²) in [5, 5.41) is 12.7. The van der Waals surface area contributed by atoms with Gasteiger partial charge in [0.1, 0.15) is 29.5 Å². The van der Waals surface area contributed by atoms with Crippen LogP contribution >= 0.6 is 0 Å². The molecule has 0 spiro atoms. The third-order valence-electron chi connectivity index (χ3n) is 9.78. The number of epoxide rings is 1. The van der Waals surface area contributed by atoms with Gasteiger partial charge < -0.3 is 30.1 Å². The molecule has 5 rings (SSSR count). The number of nitrogens with zero attached hydrogens (tertiary/aromatic N) is 2. The second kappa shape index (κ2) is 17.1. The topological polar surface area (TPSA) is 163 Å². The van der Waals surface area contributed by atoms with Crippen molar-refractivity contribution in [3.63, 3.8) is 0 Å². The number of likely N-dealkylation sites (tertiary alicyclic amines) is 1. The predicted octanol–water partition coefficient (Wildman–Crippen LogP) is 3.50. The molecule has 278 valence electrons. The Balaban J connectivity index is 1.32. The first kappa shape index (κ1) is 38.4. The zero-order chi connectivity index (χ0) is 37.4. The Morgan fingerprint density at radius 2 is 1.62 bits per heavy atom. The van der Waals surface area contributed by atoms with Crippen LogP contribution in [0.5, 0.6) is 0 Å². The molecule has 0 aliphatic carbocycles. The molecular weight excluding hydrogens is 662 g/mol. The highest BCUT2D eigenvalue weighted by molar-refractivity contribution is 5.99. The molecular formula is C40H51N5O7. The number of carbonyl (C=O) groups excluding carboxylic acids is 5. The molecule has 2 aliphatic rings. The van der Waals surface area contributed by atoms with E-state index >= 15 is 0 Å². The molecule has 3 aromatic rings. The zero-order valence-electron chi connectivity index (χ0n) is 30.7. The smallest absolute Gasteiger partial charge is 0.246 e. The third-order valence-corrected chi connectivity index (χ3v) is 9.78. The molecule has 6 atom stereocenters. The number of hydrogen-bond donors (Lipinski definition) is 3. The summed E-state index contributed by atoms with van der Waals surface area (Å²) in [6, 6.07) is 16.8. The molecule has 4 amide bonds. The van der Waals surface area contributed by atoms with E-state index < -0.39 is 59.4 Å². The molecule has 0 bridgehead atoms. The second-order valence-electron chi connectivity index (χ2n) is 14.6. The Labute approximate surface area is 305 Å². The third kappa shape index (κ3) is 9.93. The van der Waals surface area contributed by atoms with Crippen LogP contribution in [0.25, 0.3) is 0 Å². The summed E-state index contributed by atoms with van der Waals surface area (Å²) < 4.78 is 10.7. The summed E-state index contributed by atoms with van der Waals surface area (Å²) in [4.78, 5) is 70.3. The highest BCUT2D eigenvalue weighted by Gasteiger charge is 2.51. The number of aromatic nitrogens is 1. The summed E-state index contributed by atoms with van der Waals surface area (Å²) in [6.45, 7) is 9.76. The molecule has 3 heterocycles. The lowest BCUT2D eigenvalue weighted by atomic mass is 9.92. The first-order valence-electron chi connectivity index (χ1n) is 18.3. The fourth-order valence-corrected chi connectivity index (χ4v) is 6.79. The van der Waals surface area contributed by atoms with Crippen molar-refractivity contribution in [2.75, 3.05) is 6.61 Å². The number of amides is 4. The van der Waals surface area contributed by atoms with Crippen LogP contribution in [-0.4, -0.2) is 81.9 Å². The standard InChI is InChI=1S/C40H51N5O7/c1-6-30-22-29(44-52-30)23-35(46)41-31(18-17-27-13-9-7-10-14-27)37(48)43-33-20-26(4)45(39(33)50)34(21-28-15-11-8-12-16-28)38(49)42-32(19-25(2)3)36(47)40(5)24-51-40/h7-16,22,25-26,31-34H,6,17-21,23-24H2,1-5H3,(H,41,46)(H,42,49)(H,43,48)/t26?,31-,32-,33-,34-,40?/m0/s1. The largest absolute Gasteiger partial charge is 0.361 e. The van der Waals surface area contributed by atoms with E-state index in [-0.39, 0.29) is 31.0 Å². The molecule has 0 saturated carbocycles. The van der Waals surface area contributed by atoms with Crippen LogP contribution < -0.4 is 16.0 Å². The van der Waals surface area contributed by atoms with Crippen molar-refractivity contribution in [1.29, 1.82) is 0 Å². The molecule has 2 aliphatic heterocycles. The van der Waals surface area contributed by atoms with E-state index in [2.05, 4.69) is 21.1 Å². The van der Waals surface area contributed by atoms with Gasteiger partial charge in [0.05, 0.1) is 24.8 Å². The van der Waals surface area contributed by atoms with Crippen LogP contribution in [0.4, 0.5) is 0 Å². The number of hydrogen-bond acceptors (Lipinski definition) is 8. The van der Waals surface area contributed by atoms with Gasteiger partial charge in [0.15, 0.2) is 5.78 Å². The Morgan fingerprint density at radius 1 is 0.962 bits per heavy atom. The lowest BCUT2D eigenvalue weighted by Gasteiger charge is -2.33. The van der Waals surface area contributed by atoms with Gasteiger partial charge in [-0.15, -0.1) is 0 Å². The minimum Gasteiger partial charge on any atom is -0.361 e. The van der Waals surface area contributed by atoms with Crippen molar-refractivity contribution in [3.05, 3.63) is 89.3 Å². The van der Waals surface area contributed by atoms with E-state index in [4.69, 9.17) is 9.26 Å². The van der Waals surface area contributed by atoms with Crippen LogP contribution in [0.3, 0.4) is 0 Å². The number of Topliss-reactive ketones (excluding diaryl/α,β-unsaturated/α-hetero) is 1. The maximum atomic E-state index is 14.2. The van der Waals surface area contributed by atoms with Crippen molar-refractivity contribution < 1.29 is 33.2 Å². The molecule has 2 saturated heterocycles. The fraction of sp³-hybridized carbons (Fsp3) is 0.500. The second-order valence-corrected chi connectivity index (χ2v) is 14.6. The lowest BCUT2D eigenvalue weighted by molar-refractivity contribution is -0.142. The normalized spacial score (nSPS) is 21.3. The fourth-order valence-electron chi connectivity index (χ4n) is 6.79. The summed E-state index contributed by atoms with van der Waals surface area (Å²) in [7, 11) is 0. The maximum Gasteiger partial charge on any atom is 0.246 e. The zero-order valence-corrected chi connectivity index (χ0v) is 30.7. The molecule has 2 aromatic carbocycles. The number of aryl methyl sites for hydroxylation is 2. The van der Waals surface area contributed by atoms with Crippen LogP contribution in [-0.2, 0) is 54.4 Å². The number of ketones is 1. The Morgan fingerprint density at radius 3 is 2.21 bits per heavy atom. The van der Waals surface area contributed by atoms with Crippen molar-refractivity contribution in [2.24, 2.45) is 5.92 Å². The molecule has 0 radical (unpaired) electrons. The van der Waals surface area contributed by atoms with Crippen molar-refractivity contribution >= 4 is 29.4 Å². The van der Waals surface area contributed by atoms with Crippen molar-refractivity contribution in [1.82, 2.24) is 26.0 Å². The molecule has 2 unspecified atom stereocenters. The minimum absolute atomic E-state index is 0.0619. The first-order chi connectivity index (χ1) is 24.9. The molecule has 2 fully saturated rings. The van der Waals surface area contributed by atoms with E-state index in [1.165, 1.54) is 4.90 Å². The SMILES string of the molecule is CCc1cc(CC(=O)N[C@@H](CCc2ccccc2)C(=O)N[C@H]2CC(C)N([C@@H](Cc3ccccc3)C(=O)N[C@@H](CC(C)C)C(=O)C3(C)CO3)C2=O)no1. The van der Waals surface area contributed by atoms with E-state index in [0.29, 0.717) is 43.7 Å². The quantitative estimate of drug-likeness (QED) is 0.169. The van der Waals surface area contributed by atoms with Gasteiger partial charge in [-0.1, -0.05) is 86.6 Å². The highest BCUT2D eigenvalue weighted by atomic mass is 16.6. The van der Waals surface area contributed by atoms with Gasteiger partial charge in [0, 0.05) is 24.9 Å². The van der Waals surface area contributed by atoms with Gasteiger partial charge in [-0.3, -0.25) is 24.0 Å². The minimum atomic E-state index is -0.939. The number of benzene rings is 2. The van der Waals surface area contributed by atoms with Gasteiger partial charge in [-0.25, -0.2) is 0 Å². The number of ether oxygens (including phenoxy) is 1.